The first-order valence-electron chi connectivity index (χ1n) is 3.82. The third-order valence-corrected chi connectivity index (χ3v) is 1.58. The second kappa shape index (κ2) is 3.97. The summed E-state index contributed by atoms with van der Waals surface area (Å²) in [4.78, 5) is 3.57. The van der Waals surface area contributed by atoms with Crippen LogP contribution in [0.1, 0.15) is 17.0 Å². The van der Waals surface area contributed by atoms with E-state index in [1.54, 1.807) is 6.07 Å². The highest BCUT2D eigenvalue weighted by Gasteiger charge is 2.31. The average Bonchev–Trinajstić information content (AvgIpc) is 2.16. The third kappa shape index (κ3) is 2.68. The van der Waals surface area contributed by atoms with Crippen molar-refractivity contribution in [3.8, 4) is 12.1 Å². The Kier molecular flexibility index (Phi) is 2.91. The van der Waals surface area contributed by atoms with Crippen molar-refractivity contribution in [1.29, 1.82) is 10.5 Å². The quantitative estimate of drug-likeness (QED) is 0.714. The smallest absolute Gasteiger partial charge is 0.241 e. The standard InChI is InChI=1S/C9H4F3N3/c10-9(11,12)6-3-7(1-2-13)15-8(4-6)5-14/h3-4H,1H2. The average molecular weight is 211 g/mol. The Morgan fingerprint density at radius 1 is 1.27 bits per heavy atom. The lowest BCUT2D eigenvalue weighted by molar-refractivity contribution is -0.137. The van der Waals surface area contributed by atoms with E-state index in [2.05, 4.69) is 4.98 Å². The van der Waals surface area contributed by atoms with E-state index < -0.39 is 11.7 Å². The van der Waals surface area contributed by atoms with Gasteiger partial charge >= 0.3 is 6.18 Å². The fourth-order valence-corrected chi connectivity index (χ4v) is 0.980. The number of hydrogen-bond acceptors (Lipinski definition) is 3. The van der Waals surface area contributed by atoms with Crippen molar-refractivity contribution in [1.82, 2.24) is 4.98 Å². The van der Waals surface area contributed by atoms with Crippen LogP contribution in [0.25, 0.3) is 0 Å². The molecule has 0 saturated carbocycles. The zero-order valence-electron chi connectivity index (χ0n) is 7.34. The van der Waals surface area contributed by atoms with Crippen molar-refractivity contribution in [2.75, 3.05) is 0 Å². The van der Waals surface area contributed by atoms with Gasteiger partial charge < -0.3 is 0 Å². The lowest BCUT2D eigenvalue weighted by atomic mass is 10.1. The maximum absolute atomic E-state index is 12.3. The fourth-order valence-electron chi connectivity index (χ4n) is 0.980. The molecule has 1 aromatic rings. The zero-order chi connectivity index (χ0) is 11.5. The largest absolute Gasteiger partial charge is 0.416 e. The van der Waals surface area contributed by atoms with Crippen molar-refractivity contribution in [2.24, 2.45) is 0 Å². The summed E-state index contributed by atoms with van der Waals surface area (Å²) < 4.78 is 36.9. The summed E-state index contributed by atoms with van der Waals surface area (Å²) in [5.74, 6) is 0. The highest BCUT2D eigenvalue weighted by molar-refractivity contribution is 5.31. The van der Waals surface area contributed by atoms with Gasteiger partial charge in [0.2, 0.25) is 0 Å². The molecule has 76 valence electrons. The van der Waals surface area contributed by atoms with Gasteiger partial charge in [-0.05, 0) is 12.1 Å². The molecule has 0 bridgehead atoms. The van der Waals surface area contributed by atoms with E-state index in [-0.39, 0.29) is 17.8 Å². The van der Waals surface area contributed by atoms with Crippen molar-refractivity contribution in [3.05, 3.63) is 29.1 Å². The number of alkyl halides is 3. The van der Waals surface area contributed by atoms with Crippen molar-refractivity contribution >= 4 is 0 Å². The molecule has 0 aromatic carbocycles. The van der Waals surface area contributed by atoms with Crippen molar-refractivity contribution in [3.63, 3.8) is 0 Å². The molecule has 1 heterocycles. The zero-order valence-corrected chi connectivity index (χ0v) is 7.34. The van der Waals surface area contributed by atoms with Gasteiger partial charge in [-0.15, -0.1) is 0 Å². The van der Waals surface area contributed by atoms with E-state index in [0.717, 1.165) is 6.07 Å². The van der Waals surface area contributed by atoms with Gasteiger partial charge in [0.25, 0.3) is 0 Å². The number of nitriles is 2. The van der Waals surface area contributed by atoms with Gasteiger partial charge in [0.05, 0.1) is 23.7 Å². The SMILES string of the molecule is N#CCc1cc(C(F)(F)F)cc(C#N)n1. The number of rotatable bonds is 1. The number of nitrogens with zero attached hydrogens (tertiary/aromatic N) is 3. The Balaban J connectivity index is 3.26. The molecular formula is C9H4F3N3. The van der Waals surface area contributed by atoms with Crippen LogP contribution in [-0.4, -0.2) is 4.98 Å². The van der Waals surface area contributed by atoms with Crippen molar-refractivity contribution < 1.29 is 13.2 Å². The Morgan fingerprint density at radius 3 is 2.40 bits per heavy atom. The summed E-state index contributed by atoms with van der Waals surface area (Å²) >= 11 is 0. The van der Waals surface area contributed by atoms with Crippen LogP contribution in [0.5, 0.6) is 0 Å². The fraction of sp³-hybridized carbons (Fsp3) is 0.222. The van der Waals surface area contributed by atoms with Gasteiger partial charge in [0.1, 0.15) is 11.8 Å². The predicted molar refractivity (Wildman–Crippen MR) is 43.3 cm³/mol. The number of halogens is 3. The topological polar surface area (TPSA) is 60.5 Å². The van der Waals surface area contributed by atoms with Gasteiger partial charge in [-0.2, -0.15) is 23.7 Å². The molecule has 0 atom stereocenters. The summed E-state index contributed by atoms with van der Waals surface area (Å²) in [5, 5.41) is 16.8. The van der Waals surface area contributed by atoms with E-state index in [4.69, 9.17) is 10.5 Å². The van der Waals surface area contributed by atoms with Gasteiger partial charge in [0, 0.05) is 0 Å². The number of pyridine rings is 1. The Hall–Kier alpha value is -2.08. The van der Waals surface area contributed by atoms with Crippen LogP contribution in [0.15, 0.2) is 12.1 Å². The van der Waals surface area contributed by atoms with E-state index in [1.165, 1.54) is 6.07 Å². The molecule has 0 aliphatic carbocycles. The minimum atomic E-state index is -4.53. The Bertz CT molecular complexity index is 451. The van der Waals surface area contributed by atoms with E-state index in [0.29, 0.717) is 6.07 Å². The van der Waals surface area contributed by atoms with Gasteiger partial charge in [-0.1, -0.05) is 0 Å². The summed E-state index contributed by atoms with van der Waals surface area (Å²) in [5.41, 5.74) is -1.35. The lowest BCUT2D eigenvalue weighted by Crippen LogP contribution is -2.07. The molecule has 1 aromatic heterocycles. The summed E-state index contributed by atoms with van der Waals surface area (Å²) in [6.07, 6.45) is -4.78. The highest BCUT2D eigenvalue weighted by atomic mass is 19.4. The van der Waals surface area contributed by atoms with Gasteiger partial charge in [-0.25, -0.2) is 4.98 Å². The first-order chi connectivity index (χ1) is 6.97. The van der Waals surface area contributed by atoms with E-state index >= 15 is 0 Å². The Labute approximate surface area is 83.4 Å². The molecule has 3 nitrogen and oxygen atoms in total. The highest BCUT2D eigenvalue weighted by Crippen LogP contribution is 2.29. The van der Waals surface area contributed by atoms with E-state index in [9.17, 15) is 13.2 Å². The molecule has 0 amide bonds. The van der Waals surface area contributed by atoms with Crippen LogP contribution in [0.4, 0.5) is 13.2 Å². The molecule has 6 heteroatoms. The molecule has 0 fully saturated rings. The number of hydrogen-bond donors (Lipinski definition) is 0. The summed E-state index contributed by atoms with van der Waals surface area (Å²) in [6, 6.07) is 4.61. The maximum atomic E-state index is 12.3. The lowest BCUT2D eigenvalue weighted by Gasteiger charge is -2.07. The van der Waals surface area contributed by atoms with Gasteiger partial charge in [-0.3, -0.25) is 0 Å². The predicted octanol–water partition coefficient (Wildman–Crippen LogP) is 2.04. The molecule has 0 spiro atoms. The molecule has 0 aliphatic rings. The van der Waals surface area contributed by atoms with Crippen LogP contribution in [-0.2, 0) is 12.6 Å². The first-order valence-corrected chi connectivity index (χ1v) is 3.82. The van der Waals surface area contributed by atoms with Crippen LogP contribution in [0.2, 0.25) is 0 Å². The van der Waals surface area contributed by atoms with Crippen LogP contribution >= 0.6 is 0 Å². The normalized spacial score (nSPS) is 10.5. The Morgan fingerprint density at radius 2 is 1.93 bits per heavy atom. The molecule has 0 aliphatic heterocycles. The number of aromatic nitrogens is 1. The summed E-state index contributed by atoms with van der Waals surface area (Å²) in [6.45, 7) is 0. The van der Waals surface area contributed by atoms with E-state index in [1.807, 2.05) is 0 Å². The first kappa shape index (κ1) is 11.0. The summed E-state index contributed by atoms with van der Waals surface area (Å²) in [7, 11) is 0. The van der Waals surface area contributed by atoms with Crippen molar-refractivity contribution in [2.45, 2.75) is 12.6 Å². The van der Waals surface area contributed by atoms with Crippen LogP contribution < -0.4 is 0 Å². The molecule has 1 rings (SSSR count). The second-order valence-electron chi connectivity index (χ2n) is 2.68. The minimum Gasteiger partial charge on any atom is -0.241 e. The third-order valence-electron chi connectivity index (χ3n) is 1.58. The second-order valence-corrected chi connectivity index (χ2v) is 2.68. The molecule has 0 saturated heterocycles. The minimum absolute atomic E-state index is 0.0520. The molecule has 0 N–H and O–H groups in total. The monoisotopic (exact) mass is 211 g/mol. The van der Waals surface area contributed by atoms with Crippen LogP contribution in [0.3, 0.4) is 0 Å². The van der Waals surface area contributed by atoms with Gasteiger partial charge in [0.15, 0.2) is 0 Å². The molecular weight excluding hydrogens is 207 g/mol. The molecule has 0 unspecified atom stereocenters. The molecule has 15 heavy (non-hydrogen) atoms. The van der Waals surface area contributed by atoms with Crippen LogP contribution in [0, 0.1) is 22.7 Å². The molecule has 0 radical (unpaired) electrons. The maximum Gasteiger partial charge on any atom is 0.416 e.